The number of rotatable bonds is 4. The van der Waals surface area contributed by atoms with E-state index in [0.29, 0.717) is 5.75 Å². The van der Waals surface area contributed by atoms with E-state index in [1.54, 1.807) is 7.11 Å². The first-order valence-corrected chi connectivity index (χ1v) is 5.56. The summed E-state index contributed by atoms with van der Waals surface area (Å²) in [7, 11) is 1.56. The number of methoxy groups -OCH3 is 1. The monoisotopic (exact) mass is 287 g/mol. The molecule has 0 bridgehead atoms. The largest absolute Gasteiger partial charge is 0.496 e. The molecule has 1 unspecified atom stereocenters. The highest BCUT2D eigenvalue weighted by molar-refractivity contribution is 9.10. The first kappa shape index (κ1) is 13.0. The lowest BCUT2D eigenvalue weighted by Gasteiger charge is -2.14. The Bertz CT molecular complexity index is 406. The molecule has 0 aliphatic carbocycles. The molecule has 3 N–H and O–H groups in total. The van der Waals surface area contributed by atoms with Gasteiger partial charge in [-0.3, -0.25) is 4.79 Å². The van der Waals surface area contributed by atoms with Gasteiger partial charge in [-0.25, -0.2) is 0 Å². The zero-order valence-corrected chi connectivity index (χ0v) is 10.7. The number of carbonyl (C=O) groups is 1. The Balaban J connectivity index is 3.07. The molecule has 4 nitrogen and oxygen atoms in total. The Hall–Kier alpha value is -1.07. The van der Waals surface area contributed by atoms with E-state index in [1.165, 1.54) is 0 Å². The lowest BCUT2D eigenvalue weighted by Crippen LogP contribution is -2.32. The number of aryl methyl sites for hydroxylation is 1. The van der Waals surface area contributed by atoms with E-state index >= 15 is 0 Å². The Morgan fingerprint density at radius 3 is 2.75 bits per heavy atom. The maximum absolute atomic E-state index is 10.7. The molecular weight excluding hydrogens is 274 g/mol. The summed E-state index contributed by atoms with van der Waals surface area (Å²) in [5.41, 5.74) is 7.25. The summed E-state index contributed by atoms with van der Waals surface area (Å²) in [4.78, 5) is 10.7. The van der Waals surface area contributed by atoms with Crippen molar-refractivity contribution in [2.45, 2.75) is 19.4 Å². The molecule has 1 aromatic carbocycles. The van der Waals surface area contributed by atoms with Gasteiger partial charge in [0.2, 0.25) is 0 Å². The van der Waals surface area contributed by atoms with Crippen LogP contribution in [0.15, 0.2) is 16.6 Å². The first-order valence-electron chi connectivity index (χ1n) is 4.77. The maximum Gasteiger partial charge on any atom is 0.320 e. The quantitative estimate of drug-likeness (QED) is 0.885. The Morgan fingerprint density at radius 2 is 2.25 bits per heavy atom. The second-order valence-corrected chi connectivity index (χ2v) is 4.48. The van der Waals surface area contributed by atoms with Gasteiger partial charge in [0.25, 0.3) is 0 Å². The van der Waals surface area contributed by atoms with Crippen LogP contribution in [-0.4, -0.2) is 24.2 Å². The van der Waals surface area contributed by atoms with E-state index in [0.717, 1.165) is 15.6 Å². The summed E-state index contributed by atoms with van der Waals surface area (Å²) in [6, 6.07) is 2.83. The van der Waals surface area contributed by atoms with Crippen LogP contribution in [0.1, 0.15) is 11.1 Å². The lowest BCUT2D eigenvalue weighted by atomic mass is 10.0. The van der Waals surface area contributed by atoms with Crippen LogP contribution in [0.3, 0.4) is 0 Å². The van der Waals surface area contributed by atoms with Crippen molar-refractivity contribution in [3.8, 4) is 5.75 Å². The highest BCUT2D eigenvalue weighted by atomic mass is 79.9. The molecule has 1 atom stereocenters. The second kappa shape index (κ2) is 5.32. The molecule has 0 spiro atoms. The van der Waals surface area contributed by atoms with Gasteiger partial charge in [0.1, 0.15) is 11.8 Å². The van der Waals surface area contributed by atoms with Crippen LogP contribution in [-0.2, 0) is 11.2 Å². The molecule has 0 aromatic heterocycles. The Morgan fingerprint density at radius 1 is 1.62 bits per heavy atom. The average Bonchev–Trinajstić information content (AvgIpc) is 2.16. The van der Waals surface area contributed by atoms with Crippen LogP contribution in [0.5, 0.6) is 5.75 Å². The van der Waals surface area contributed by atoms with Crippen LogP contribution in [0.25, 0.3) is 0 Å². The van der Waals surface area contributed by atoms with Crippen LogP contribution >= 0.6 is 15.9 Å². The van der Waals surface area contributed by atoms with Gasteiger partial charge in [0.15, 0.2) is 0 Å². The van der Waals surface area contributed by atoms with Crippen molar-refractivity contribution in [1.82, 2.24) is 0 Å². The number of halogens is 1. The number of carboxylic acid groups (broad SMARTS) is 1. The SMILES string of the molecule is COc1c(C)cc(Br)cc1CC(N)C(=O)O. The zero-order chi connectivity index (χ0) is 12.3. The summed E-state index contributed by atoms with van der Waals surface area (Å²) < 4.78 is 6.13. The van der Waals surface area contributed by atoms with Gasteiger partial charge in [-0.2, -0.15) is 0 Å². The van der Waals surface area contributed by atoms with Gasteiger partial charge < -0.3 is 15.6 Å². The molecular formula is C11H14BrNO3. The molecule has 0 saturated carbocycles. The van der Waals surface area contributed by atoms with Gasteiger partial charge >= 0.3 is 5.97 Å². The fourth-order valence-corrected chi connectivity index (χ4v) is 2.19. The number of hydrogen-bond acceptors (Lipinski definition) is 3. The third kappa shape index (κ3) is 2.96. The van der Waals surface area contributed by atoms with Crippen LogP contribution in [0.4, 0.5) is 0 Å². The van der Waals surface area contributed by atoms with E-state index in [-0.39, 0.29) is 6.42 Å². The second-order valence-electron chi connectivity index (χ2n) is 3.56. The van der Waals surface area contributed by atoms with Crippen molar-refractivity contribution in [2.75, 3.05) is 7.11 Å². The zero-order valence-electron chi connectivity index (χ0n) is 9.16. The third-order valence-electron chi connectivity index (χ3n) is 2.28. The van der Waals surface area contributed by atoms with E-state index in [9.17, 15) is 4.79 Å². The number of hydrogen-bond donors (Lipinski definition) is 2. The van der Waals surface area contributed by atoms with Gasteiger partial charge in [-0.15, -0.1) is 0 Å². The predicted molar refractivity (Wildman–Crippen MR) is 64.7 cm³/mol. The number of aliphatic carboxylic acids is 1. The van der Waals surface area contributed by atoms with Crippen LogP contribution in [0, 0.1) is 6.92 Å². The van der Waals surface area contributed by atoms with Crippen molar-refractivity contribution in [3.63, 3.8) is 0 Å². The van der Waals surface area contributed by atoms with Crippen molar-refractivity contribution in [2.24, 2.45) is 5.73 Å². The molecule has 1 aromatic rings. The molecule has 0 aliphatic rings. The molecule has 88 valence electrons. The molecule has 0 saturated heterocycles. The van der Waals surface area contributed by atoms with E-state index in [1.807, 2.05) is 19.1 Å². The van der Waals surface area contributed by atoms with Gasteiger partial charge in [0, 0.05) is 10.9 Å². The average molecular weight is 288 g/mol. The fraction of sp³-hybridized carbons (Fsp3) is 0.364. The predicted octanol–water partition coefficient (Wildman–Crippen LogP) is 1.72. The van der Waals surface area contributed by atoms with Crippen LogP contribution in [0.2, 0.25) is 0 Å². The molecule has 16 heavy (non-hydrogen) atoms. The number of benzene rings is 1. The molecule has 0 amide bonds. The van der Waals surface area contributed by atoms with Crippen LogP contribution < -0.4 is 10.5 Å². The van der Waals surface area contributed by atoms with E-state index < -0.39 is 12.0 Å². The summed E-state index contributed by atoms with van der Waals surface area (Å²) in [6.45, 7) is 1.90. The molecule has 0 heterocycles. The fourth-order valence-electron chi connectivity index (χ4n) is 1.57. The number of nitrogens with two attached hydrogens (primary N) is 1. The van der Waals surface area contributed by atoms with Crippen molar-refractivity contribution in [3.05, 3.63) is 27.7 Å². The van der Waals surface area contributed by atoms with Crippen molar-refractivity contribution < 1.29 is 14.6 Å². The standard InChI is InChI=1S/C11H14BrNO3/c1-6-3-8(12)4-7(10(6)16-2)5-9(13)11(14)15/h3-4,9H,5,13H2,1-2H3,(H,14,15). The summed E-state index contributed by atoms with van der Waals surface area (Å²) in [5, 5.41) is 8.77. The summed E-state index contributed by atoms with van der Waals surface area (Å²) in [5.74, 6) is -0.320. The number of ether oxygens (including phenoxy) is 1. The molecule has 0 aliphatic heterocycles. The van der Waals surface area contributed by atoms with Gasteiger partial charge in [-0.05, 0) is 30.2 Å². The highest BCUT2D eigenvalue weighted by Gasteiger charge is 2.16. The van der Waals surface area contributed by atoms with Crippen molar-refractivity contribution in [1.29, 1.82) is 0 Å². The minimum absolute atomic E-state index is 0.249. The normalized spacial score (nSPS) is 12.2. The van der Waals surface area contributed by atoms with Crippen molar-refractivity contribution >= 4 is 21.9 Å². The Kier molecular flexibility index (Phi) is 4.32. The molecule has 1 rings (SSSR count). The number of carboxylic acids is 1. The molecule has 0 fully saturated rings. The lowest BCUT2D eigenvalue weighted by molar-refractivity contribution is -0.138. The maximum atomic E-state index is 10.7. The Labute approximate surface area is 103 Å². The molecule has 0 radical (unpaired) electrons. The highest BCUT2D eigenvalue weighted by Crippen LogP contribution is 2.28. The summed E-state index contributed by atoms with van der Waals surface area (Å²) >= 11 is 3.36. The minimum Gasteiger partial charge on any atom is -0.496 e. The van der Waals surface area contributed by atoms with E-state index in [2.05, 4.69) is 15.9 Å². The van der Waals surface area contributed by atoms with Gasteiger partial charge in [-0.1, -0.05) is 15.9 Å². The topological polar surface area (TPSA) is 72.5 Å². The third-order valence-corrected chi connectivity index (χ3v) is 2.74. The minimum atomic E-state index is -1.01. The van der Waals surface area contributed by atoms with Gasteiger partial charge in [0.05, 0.1) is 7.11 Å². The summed E-state index contributed by atoms with van der Waals surface area (Å²) in [6.07, 6.45) is 0.249. The first-order chi connectivity index (χ1) is 7.45. The smallest absolute Gasteiger partial charge is 0.320 e. The molecule has 5 heteroatoms. The van der Waals surface area contributed by atoms with E-state index in [4.69, 9.17) is 15.6 Å².